The average molecular weight is 223 g/mol. The maximum atomic E-state index is 8.79. The molecular formula is C14H13N3. The zero-order valence-corrected chi connectivity index (χ0v) is 9.43. The van der Waals surface area contributed by atoms with Gasteiger partial charge >= 0.3 is 0 Å². The van der Waals surface area contributed by atoms with Crippen LogP contribution >= 0.6 is 0 Å². The number of hydrogen-bond acceptors (Lipinski definition) is 3. The SMILES string of the molecule is N#Cc1cccc(CNCc2cccnc2)c1. The quantitative estimate of drug-likeness (QED) is 0.864. The minimum Gasteiger partial charge on any atom is -0.309 e. The van der Waals surface area contributed by atoms with Crippen molar-refractivity contribution in [3.8, 4) is 6.07 Å². The van der Waals surface area contributed by atoms with Crippen LogP contribution in [0.1, 0.15) is 16.7 Å². The van der Waals surface area contributed by atoms with Crippen LogP contribution in [0.5, 0.6) is 0 Å². The Hall–Kier alpha value is -2.18. The third kappa shape index (κ3) is 3.40. The van der Waals surface area contributed by atoms with Gasteiger partial charge in [0.05, 0.1) is 11.6 Å². The van der Waals surface area contributed by atoms with Crippen LogP contribution < -0.4 is 5.32 Å². The lowest BCUT2D eigenvalue weighted by molar-refractivity contribution is 0.691. The van der Waals surface area contributed by atoms with E-state index in [0.717, 1.165) is 24.2 Å². The molecule has 0 saturated carbocycles. The van der Waals surface area contributed by atoms with E-state index >= 15 is 0 Å². The average Bonchev–Trinajstić information content (AvgIpc) is 2.40. The highest BCUT2D eigenvalue weighted by molar-refractivity contribution is 5.32. The van der Waals surface area contributed by atoms with E-state index in [-0.39, 0.29) is 0 Å². The first-order valence-electron chi connectivity index (χ1n) is 5.47. The number of nitrogens with zero attached hydrogens (tertiary/aromatic N) is 2. The fraction of sp³-hybridized carbons (Fsp3) is 0.143. The number of hydrogen-bond donors (Lipinski definition) is 1. The molecule has 1 aromatic carbocycles. The maximum Gasteiger partial charge on any atom is 0.0991 e. The Kier molecular flexibility index (Phi) is 3.85. The van der Waals surface area contributed by atoms with E-state index in [4.69, 9.17) is 5.26 Å². The van der Waals surface area contributed by atoms with Crippen LogP contribution in [0.15, 0.2) is 48.8 Å². The molecule has 2 rings (SSSR count). The summed E-state index contributed by atoms with van der Waals surface area (Å²) in [5, 5.41) is 12.1. The first kappa shape index (κ1) is 11.3. The molecule has 0 aliphatic heterocycles. The van der Waals surface area contributed by atoms with Gasteiger partial charge in [0.2, 0.25) is 0 Å². The van der Waals surface area contributed by atoms with E-state index in [0.29, 0.717) is 5.56 Å². The van der Waals surface area contributed by atoms with Crippen molar-refractivity contribution >= 4 is 0 Å². The van der Waals surface area contributed by atoms with Crippen LogP contribution in [-0.2, 0) is 13.1 Å². The van der Waals surface area contributed by atoms with Gasteiger partial charge in [0, 0.05) is 25.5 Å². The molecule has 0 fully saturated rings. The number of nitrogens with one attached hydrogen (secondary N) is 1. The van der Waals surface area contributed by atoms with Crippen molar-refractivity contribution in [3.63, 3.8) is 0 Å². The van der Waals surface area contributed by atoms with E-state index in [9.17, 15) is 0 Å². The molecule has 0 aliphatic carbocycles. The zero-order valence-electron chi connectivity index (χ0n) is 9.43. The van der Waals surface area contributed by atoms with Gasteiger partial charge in [-0.3, -0.25) is 4.98 Å². The highest BCUT2D eigenvalue weighted by Crippen LogP contribution is 2.04. The van der Waals surface area contributed by atoms with Gasteiger partial charge in [0.25, 0.3) is 0 Å². The van der Waals surface area contributed by atoms with Crippen molar-refractivity contribution in [1.29, 1.82) is 5.26 Å². The van der Waals surface area contributed by atoms with Crippen molar-refractivity contribution in [3.05, 3.63) is 65.5 Å². The summed E-state index contributed by atoms with van der Waals surface area (Å²) in [4.78, 5) is 4.05. The summed E-state index contributed by atoms with van der Waals surface area (Å²) in [7, 11) is 0. The summed E-state index contributed by atoms with van der Waals surface area (Å²) < 4.78 is 0. The summed E-state index contributed by atoms with van der Waals surface area (Å²) in [6.45, 7) is 1.54. The third-order valence-electron chi connectivity index (χ3n) is 2.44. The summed E-state index contributed by atoms with van der Waals surface area (Å²) >= 11 is 0. The summed E-state index contributed by atoms with van der Waals surface area (Å²) in [5.41, 5.74) is 2.97. The Morgan fingerprint density at radius 1 is 1.12 bits per heavy atom. The molecule has 3 heteroatoms. The number of pyridine rings is 1. The molecular weight excluding hydrogens is 210 g/mol. The number of aromatic nitrogens is 1. The molecule has 2 aromatic rings. The monoisotopic (exact) mass is 223 g/mol. The van der Waals surface area contributed by atoms with E-state index < -0.39 is 0 Å². The lowest BCUT2D eigenvalue weighted by Gasteiger charge is -2.04. The molecule has 0 aliphatic rings. The van der Waals surface area contributed by atoms with Crippen molar-refractivity contribution in [2.75, 3.05) is 0 Å². The van der Waals surface area contributed by atoms with Crippen LogP contribution in [0, 0.1) is 11.3 Å². The van der Waals surface area contributed by atoms with E-state index in [2.05, 4.69) is 16.4 Å². The van der Waals surface area contributed by atoms with Crippen LogP contribution in [0.4, 0.5) is 0 Å². The Labute approximate surface area is 101 Å². The normalized spacial score (nSPS) is 9.82. The van der Waals surface area contributed by atoms with Gasteiger partial charge in [0.1, 0.15) is 0 Å². The summed E-state index contributed by atoms with van der Waals surface area (Å²) in [5.74, 6) is 0. The second kappa shape index (κ2) is 5.78. The van der Waals surface area contributed by atoms with E-state index in [1.54, 1.807) is 6.20 Å². The van der Waals surface area contributed by atoms with Gasteiger partial charge in [-0.05, 0) is 29.3 Å². The minimum absolute atomic E-state index is 0.700. The second-order valence-corrected chi connectivity index (χ2v) is 3.78. The smallest absolute Gasteiger partial charge is 0.0991 e. The largest absolute Gasteiger partial charge is 0.309 e. The van der Waals surface area contributed by atoms with Crippen LogP contribution in [0.2, 0.25) is 0 Å². The molecule has 1 N–H and O–H groups in total. The van der Waals surface area contributed by atoms with Gasteiger partial charge in [-0.15, -0.1) is 0 Å². The summed E-state index contributed by atoms with van der Waals surface area (Å²) in [6.07, 6.45) is 3.61. The first-order chi connectivity index (χ1) is 8.38. The molecule has 0 saturated heterocycles. The Balaban J connectivity index is 1.88. The predicted octanol–water partition coefficient (Wildman–Crippen LogP) is 2.24. The standard InChI is InChI=1S/C14H13N3/c15-8-12-3-1-4-13(7-12)9-17-11-14-5-2-6-16-10-14/h1-7,10,17H,9,11H2. The molecule has 0 spiro atoms. The molecule has 84 valence electrons. The highest BCUT2D eigenvalue weighted by atomic mass is 14.8. The summed E-state index contributed by atoms with van der Waals surface area (Å²) in [6, 6.07) is 13.7. The van der Waals surface area contributed by atoms with Crippen molar-refractivity contribution in [1.82, 2.24) is 10.3 Å². The van der Waals surface area contributed by atoms with Crippen molar-refractivity contribution in [2.45, 2.75) is 13.1 Å². The number of nitriles is 1. The molecule has 3 nitrogen and oxygen atoms in total. The fourth-order valence-electron chi connectivity index (χ4n) is 1.60. The number of benzene rings is 1. The first-order valence-corrected chi connectivity index (χ1v) is 5.47. The molecule has 1 aromatic heterocycles. The molecule has 0 bridgehead atoms. The Morgan fingerprint density at radius 2 is 1.94 bits per heavy atom. The molecule has 0 radical (unpaired) electrons. The molecule has 17 heavy (non-hydrogen) atoms. The minimum atomic E-state index is 0.700. The van der Waals surface area contributed by atoms with Gasteiger partial charge in [0.15, 0.2) is 0 Å². The molecule has 1 heterocycles. The van der Waals surface area contributed by atoms with Crippen LogP contribution in [0.3, 0.4) is 0 Å². The highest BCUT2D eigenvalue weighted by Gasteiger charge is 1.95. The zero-order chi connectivity index (χ0) is 11.9. The fourth-order valence-corrected chi connectivity index (χ4v) is 1.60. The van der Waals surface area contributed by atoms with Crippen LogP contribution in [0.25, 0.3) is 0 Å². The Morgan fingerprint density at radius 3 is 2.71 bits per heavy atom. The van der Waals surface area contributed by atoms with Gasteiger partial charge in [-0.2, -0.15) is 5.26 Å². The third-order valence-corrected chi connectivity index (χ3v) is 2.44. The second-order valence-electron chi connectivity index (χ2n) is 3.78. The van der Waals surface area contributed by atoms with E-state index in [1.807, 2.05) is 42.6 Å². The van der Waals surface area contributed by atoms with Crippen molar-refractivity contribution in [2.24, 2.45) is 0 Å². The van der Waals surface area contributed by atoms with E-state index in [1.165, 1.54) is 0 Å². The lowest BCUT2D eigenvalue weighted by Crippen LogP contribution is -2.12. The molecule has 0 unspecified atom stereocenters. The van der Waals surface area contributed by atoms with Gasteiger partial charge in [-0.1, -0.05) is 18.2 Å². The maximum absolute atomic E-state index is 8.79. The molecule has 0 amide bonds. The molecule has 0 atom stereocenters. The van der Waals surface area contributed by atoms with Crippen LogP contribution in [-0.4, -0.2) is 4.98 Å². The van der Waals surface area contributed by atoms with Crippen molar-refractivity contribution < 1.29 is 0 Å². The topological polar surface area (TPSA) is 48.7 Å². The predicted molar refractivity (Wildman–Crippen MR) is 65.9 cm³/mol. The van der Waals surface area contributed by atoms with Gasteiger partial charge in [-0.25, -0.2) is 0 Å². The Bertz CT molecular complexity index is 514. The van der Waals surface area contributed by atoms with Gasteiger partial charge < -0.3 is 5.32 Å². The lowest BCUT2D eigenvalue weighted by atomic mass is 10.1. The number of rotatable bonds is 4.